The molecule has 6 heteroatoms. The van der Waals surface area contributed by atoms with Gasteiger partial charge in [0.05, 0.1) is 6.61 Å². The highest BCUT2D eigenvalue weighted by Gasteiger charge is 2.51. The minimum absolute atomic E-state index is 0.0987. The van der Waals surface area contributed by atoms with Crippen LogP contribution in [0.4, 0.5) is 0 Å². The van der Waals surface area contributed by atoms with Crippen LogP contribution in [0.3, 0.4) is 0 Å². The first-order valence-corrected chi connectivity index (χ1v) is 23.3. The van der Waals surface area contributed by atoms with Crippen molar-refractivity contribution in [2.24, 2.45) is 11.8 Å². The van der Waals surface area contributed by atoms with E-state index in [1.54, 1.807) is 13.0 Å². The van der Waals surface area contributed by atoms with Gasteiger partial charge in [0, 0.05) is 6.08 Å². The van der Waals surface area contributed by atoms with Crippen LogP contribution >= 0.6 is 0 Å². The van der Waals surface area contributed by atoms with E-state index in [2.05, 4.69) is 114 Å². The van der Waals surface area contributed by atoms with Gasteiger partial charge in [0.2, 0.25) is 0 Å². The molecule has 4 aromatic rings. The Morgan fingerprint density at radius 3 is 1.35 bits per heavy atom. The molecular weight excluding hydrogens is 697 g/mol. The molecule has 0 aliphatic heterocycles. The highest BCUT2D eigenvalue weighted by atomic mass is 28.4. The van der Waals surface area contributed by atoms with Gasteiger partial charge in [-0.25, -0.2) is 4.79 Å². The Balaban J connectivity index is 1.56. The topological polar surface area (TPSA) is 66.8 Å². The average molecular weight is 757 g/mol. The summed E-state index contributed by atoms with van der Waals surface area (Å²) in [6.07, 6.45) is 19.4. The second kappa shape index (κ2) is 19.8. The Bertz CT molecular complexity index is 1750. The standard InChI is InChI=1S/C48H60O4Si2/c1-7-40(38-47(3,4)53(50,42-29-16-10-17-30-42)43-31-18-11-19-32-43)26-14-9-15-27-41(28-24-25-37-46(49)52-8-2)39-48(5,6)54(51,44-33-20-12-21-34-44)45-35-22-13-23-36-45/h9-26,28-37,40-41,50-51H,7-8,27,38-39H2,1-6H3/b15-9-,26-14+,28-24+,37-25+/t40-,41-/m1/s1. The summed E-state index contributed by atoms with van der Waals surface area (Å²) in [4.78, 5) is 37.5. The molecule has 2 atom stereocenters. The lowest BCUT2D eigenvalue weighted by molar-refractivity contribution is -0.137. The first-order chi connectivity index (χ1) is 25.9. The van der Waals surface area contributed by atoms with Gasteiger partial charge in [-0.1, -0.05) is 198 Å². The Morgan fingerprint density at radius 2 is 0.963 bits per heavy atom. The smallest absolute Gasteiger partial charge is 0.330 e. The molecular formula is C48H60O4Si2. The largest absolute Gasteiger partial charge is 0.463 e. The van der Waals surface area contributed by atoms with Crippen molar-refractivity contribution < 1.29 is 19.1 Å². The summed E-state index contributed by atoms with van der Waals surface area (Å²) >= 11 is 0. The maximum absolute atomic E-state index is 12.8. The zero-order valence-corrected chi connectivity index (χ0v) is 35.1. The van der Waals surface area contributed by atoms with Crippen LogP contribution in [-0.4, -0.2) is 38.8 Å². The van der Waals surface area contributed by atoms with Crippen LogP contribution in [0.2, 0.25) is 10.1 Å². The van der Waals surface area contributed by atoms with Crippen LogP contribution in [0.15, 0.2) is 170 Å². The van der Waals surface area contributed by atoms with Crippen molar-refractivity contribution in [1.29, 1.82) is 0 Å². The lowest BCUT2D eigenvalue weighted by Crippen LogP contribution is -2.65. The number of benzene rings is 4. The summed E-state index contributed by atoms with van der Waals surface area (Å²) in [5, 5.41) is 3.29. The zero-order valence-electron chi connectivity index (χ0n) is 33.1. The fourth-order valence-electron chi connectivity index (χ4n) is 7.90. The van der Waals surface area contributed by atoms with E-state index in [1.807, 2.05) is 78.9 Å². The molecule has 0 fully saturated rings. The SMILES string of the molecule is CCOC(=O)/C=C/C=C/[C@@H](C/C=C\C=C\[C@@H](CC)CC(C)(C)[Si](O)(c1ccccc1)c1ccccc1)CC(C)(C)[Si](O)(c1ccccc1)c1ccccc1. The lowest BCUT2D eigenvalue weighted by Gasteiger charge is -2.42. The van der Waals surface area contributed by atoms with Gasteiger partial charge in [-0.05, 0) is 75.3 Å². The second-order valence-corrected chi connectivity index (χ2v) is 23.4. The predicted octanol–water partition coefficient (Wildman–Crippen LogP) is 8.65. The Labute approximate surface area is 326 Å². The number of carbonyl (C=O) groups excluding carboxylic acids is 1. The molecule has 0 heterocycles. The fourth-order valence-corrected chi connectivity index (χ4v) is 15.5. The molecule has 0 spiro atoms. The Hall–Kier alpha value is -4.34. The van der Waals surface area contributed by atoms with Gasteiger partial charge in [-0.2, -0.15) is 0 Å². The lowest BCUT2D eigenvalue weighted by atomic mass is 9.92. The van der Waals surface area contributed by atoms with Crippen molar-refractivity contribution in [3.8, 4) is 0 Å². The molecule has 0 saturated heterocycles. The van der Waals surface area contributed by atoms with E-state index in [1.165, 1.54) is 6.08 Å². The fraction of sp³-hybridized carbons (Fsp3) is 0.312. The molecule has 4 rings (SSSR count). The van der Waals surface area contributed by atoms with Crippen molar-refractivity contribution in [2.75, 3.05) is 6.61 Å². The van der Waals surface area contributed by atoms with Crippen LogP contribution in [0.25, 0.3) is 0 Å². The third kappa shape index (κ3) is 10.4. The van der Waals surface area contributed by atoms with Gasteiger partial charge in [0.15, 0.2) is 0 Å². The van der Waals surface area contributed by atoms with E-state index in [0.717, 1.165) is 46.4 Å². The maximum Gasteiger partial charge on any atom is 0.330 e. The van der Waals surface area contributed by atoms with Crippen LogP contribution < -0.4 is 20.7 Å². The van der Waals surface area contributed by atoms with Crippen LogP contribution in [-0.2, 0) is 9.53 Å². The molecule has 0 radical (unpaired) electrons. The molecule has 4 aromatic carbocycles. The van der Waals surface area contributed by atoms with Crippen LogP contribution in [0, 0.1) is 11.8 Å². The number of rotatable bonds is 19. The molecule has 0 unspecified atom stereocenters. The number of esters is 1. The number of ether oxygens (including phenoxy) is 1. The Kier molecular flexibility index (Phi) is 15.6. The summed E-state index contributed by atoms with van der Waals surface area (Å²) in [5.41, 5.74) is 0. The second-order valence-electron chi connectivity index (χ2n) is 15.5. The molecule has 0 saturated carbocycles. The van der Waals surface area contributed by atoms with Gasteiger partial charge in [0.25, 0.3) is 16.6 Å². The molecule has 54 heavy (non-hydrogen) atoms. The van der Waals surface area contributed by atoms with E-state index < -0.39 is 21.7 Å². The third-order valence-corrected chi connectivity index (χ3v) is 19.9. The van der Waals surface area contributed by atoms with E-state index in [4.69, 9.17) is 4.74 Å². The third-order valence-electron chi connectivity index (χ3n) is 10.9. The number of carbonyl (C=O) groups is 1. The highest BCUT2D eigenvalue weighted by molar-refractivity contribution is 6.99. The quantitative estimate of drug-likeness (QED) is 0.0435. The zero-order chi connectivity index (χ0) is 39.1. The highest BCUT2D eigenvalue weighted by Crippen LogP contribution is 2.44. The first-order valence-electron chi connectivity index (χ1n) is 19.4. The molecule has 4 nitrogen and oxygen atoms in total. The van der Waals surface area contributed by atoms with Crippen molar-refractivity contribution in [1.82, 2.24) is 0 Å². The van der Waals surface area contributed by atoms with Crippen LogP contribution in [0.5, 0.6) is 0 Å². The van der Waals surface area contributed by atoms with Crippen molar-refractivity contribution in [3.63, 3.8) is 0 Å². The summed E-state index contributed by atoms with van der Waals surface area (Å²) in [6.45, 7) is 13.2. The molecule has 284 valence electrons. The number of hydrogen-bond donors (Lipinski definition) is 2. The van der Waals surface area contributed by atoms with Crippen molar-refractivity contribution >= 4 is 43.4 Å². The van der Waals surface area contributed by atoms with Gasteiger partial charge < -0.3 is 14.3 Å². The number of hydrogen-bond acceptors (Lipinski definition) is 4. The summed E-state index contributed by atoms with van der Waals surface area (Å²) in [5.74, 6) is 0.0272. The van der Waals surface area contributed by atoms with Gasteiger partial charge >= 0.3 is 5.97 Å². The molecule has 0 aliphatic rings. The van der Waals surface area contributed by atoms with Crippen molar-refractivity contribution in [2.45, 2.75) is 77.3 Å². The normalized spacial score (nSPS) is 14.3. The van der Waals surface area contributed by atoms with Gasteiger partial charge in [0.1, 0.15) is 0 Å². The molecule has 0 aromatic heterocycles. The van der Waals surface area contributed by atoms with E-state index in [-0.39, 0.29) is 22.8 Å². The first kappa shape index (κ1) is 42.4. The molecule has 2 N–H and O–H groups in total. The average Bonchev–Trinajstić information content (AvgIpc) is 3.19. The minimum Gasteiger partial charge on any atom is -0.463 e. The summed E-state index contributed by atoms with van der Waals surface area (Å²) in [6, 6.07) is 40.8. The van der Waals surface area contributed by atoms with Gasteiger partial charge in [-0.3, -0.25) is 0 Å². The monoisotopic (exact) mass is 756 g/mol. The maximum atomic E-state index is 12.8. The minimum atomic E-state index is -3.21. The van der Waals surface area contributed by atoms with Crippen LogP contribution in [0.1, 0.15) is 67.2 Å². The van der Waals surface area contributed by atoms with E-state index in [0.29, 0.717) is 6.61 Å². The molecule has 0 aliphatic carbocycles. The van der Waals surface area contributed by atoms with E-state index >= 15 is 0 Å². The Morgan fingerprint density at radius 1 is 0.593 bits per heavy atom. The molecule has 0 bridgehead atoms. The molecule has 0 amide bonds. The predicted molar refractivity (Wildman–Crippen MR) is 233 cm³/mol. The summed E-state index contributed by atoms with van der Waals surface area (Å²) < 4.78 is 5.07. The number of allylic oxidation sites excluding steroid dienone is 7. The summed E-state index contributed by atoms with van der Waals surface area (Å²) in [7, 11) is -6.32. The van der Waals surface area contributed by atoms with E-state index in [9.17, 15) is 14.4 Å². The van der Waals surface area contributed by atoms with Gasteiger partial charge in [-0.15, -0.1) is 0 Å². The van der Waals surface area contributed by atoms with Crippen molar-refractivity contribution in [3.05, 3.63) is 170 Å².